The monoisotopic (exact) mass is 241 g/mol. The van der Waals surface area contributed by atoms with Crippen LogP contribution in [0.15, 0.2) is 0 Å². The SMILES string of the molecule is CCC.CCC1CCCN1CC1CCCCO1. The average molecular weight is 241 g/mol. The summed E-state index contributed by atoms with van der Waals surface area (Å²) in [5.41, 5.74) is 0. The molecule has 0 saturated carbocycles. The fourth-order valence-corrected chi connectivity index (χ4v) is 2.81. The minimum Gasteiger partial charge on any atom is -0.377 e. The van der Waals surface area contributed by atoms with Crippen LogP contribution in [0.2, 0.25) is 0 Å². The second-order valence-corrected chi connectivity index (χ2v) is 5.39. The summed E-state index contributed by atoms with van der Waals surface area (Å²) in [4.78, 5) is 2.65. The van der Waals surface area contributed by atoms with E-state index in [2.05, 4.69) is 25.7 Å². The summed E-state index contributed by atoms with van der Waals surface area (Å²) in [7, 11) is 0. The largest absolute Gasteiger partial charge is 0.377 e. The molecule has 17 heavy (non-hydrogen) atoms. The molecule has 2 aliphatic heterocycles. The molecular formula is C15H31NO. The van der Waals surface area contributed by atoms with Gasteiger partial charge >= 0.3 is 0 Å². The third-order valence-corrected chi connectivity index (χ3v) is 3.68. The molecule has 0 N–H and O–H groups in total. The van der Waals surface area contributed by atoms with E-state index in [1.807, 2.05) is 0 Å². The summed E-state index contributed by atoms with van der Waals surface area (Å²) in [6, 6.07) is 0.848. The van der Waals surface area contributed by atoms with Gasteiger partial charge in [0.1, 0.15) is 0 Å². The maximum atomic E-state index is 5.79. The van der Waals surface area contributed by atoms with Gasteiger partial charge in [-0.25, -0.2) is 0 Å². The van der Waals surface area contributed by atoms with Gasteiger partial charge in [0.15, 0.2) is 0 Å². The lowest BCUT2D eigenvalue weighted by atomic mass is 10.1. The quantitative estimate of drug-likeness (QED) is 0.744. The molecule has 102 valence electrons. The molecule has 2 unspecified atom stereocenters. The van der Waals surface area contributed by atoms with Gasteiger partial charge in [-0.3, -0.25) is 4.90 Å². The first kappa shape index (κ1) is 15.0. The molecule has 0 bridgehead atoms. The van der Waals surface area contributed by atoms with Gasteiger partial charge in [-0.15, -0.1) is 0 Å². The zero-order valence-corrected chi connectivity index (χ0v) is 12.1. The van der Waals surface area contributed by atoms with Crippen LogP contribution < -0.4 is 0 Å². The van der Waals surface area contributed by atoms with Crippen molar-refractivity contribution in [3.8, 4) is 0 Å². The summed E-state index contributed by atoms with van der Waals surface area (Å²) in [6.45, 7) is 10.1. The van der Waals surface area contributed by atoms with Crippen LogP contribution in [-0.2, 0) is 4.74 Å². The number of ether oxygens (including phenoxy) is 1. The molecule has 2 heteroatoms. The molecule has 0 aromatic heterocycles. The van der Waals surface area contributed by atoms with Crippen molar-refractivity contribution in [3.63, 3.8) is 0 Å². The predicted molar refractivity (Wildman–Crippen MR) is 74.4 cm³/mol. The first-order valence-corrected chi connectivity index (χ1v) is 7.67. The Hall–Kier alpha value is -0.0800. The summed E-state index contributed by atoms with van der Waals surface area (Å²) >= 11 is 0. The molecule has 0 aliphatic carbocycles. The molecule has 0 amide bonds. The summed E-state index contributed by atoms with van der Waals surface area (Å²) in [5.74, 6) is 0. The van der Waals surface area contributed by atoms with Crippen LogP contribution in [0.25, 0.3) is 0 Å². The Bertz CT molecular complexity index is 178. The lowest BCUT2D eigenvalue weighted by Crippen LogP contribution is -2.38. The van der Waals surface area contributed by atoms with Crippen LogP contribution in [0.3, 0.4) is 0 Å². The van der Waals surface area contributed by atoms with Crippen molar-refractivity contribution in [3.05, 3.63) is 0 Å². The van der Waals surface area contributed by atoms with Crippen molar-refractivity contribution in [1.82, 2.24) is 4.90 Å². The van der Waals surface area contributed by atoms with E-state index in [0.717, 1.165) is 12.6 Å². The smallest absolute Gasteiger partial charge is 0.0702 e. The molecule has 2 heterocycles. The van der Waals surface area contributed by atoms with Crippen molar-refractivity contribution in [2.24, 2.45) is 0 Å². The highest BCUT2D eigenvalue weighted by Gasteiger charge is 2.26. The van der Waals surface area contributed by atoms with E-state index in [1.165, 1.54) is 58.0 Å². The lowest BCUT2D eigenvalue weighted by molar-refractivity contribution is -0.00808. The zero-order chi connectivity index (χ0) is 12.5. The van der Waals surface area contributed by atoms with Crippen molar-refractivity contribution >= 4 is 0 Å². The highest BCUT2D eigenvalue weighted by Crippen LogP contribution is 2.22. The Labute approximate surface area is 108 Å². The number of hydrogen-bond donors (Lipinski definition) is 0. The van der Waals surface area contributed by atoms with E-state index in [4.69, 9.17) is 4.74 Å². The van der Waals surface area contributed by atoms with E-state index >= 15 is 0 Å². The average Bonchev–Trinajstić information content (AvgIpc) is 2.79. The summed E-state index contributed by atoms with van der Waals surface area (Å²) < 4.78 is 5.79. The Morgan fingerprint density at radius 3 is 2.41 bits per heavy atom. The Morgan fingerprint density at radius 1 is 1.06 bits per heavy atom. The number of hydrogen-bond acceptors (Lipinski definition) is 2. The first-order chi connectivity index (χ1) is 8.31. The second kappa shape index (κ2) is 8.93. The van der Waals surface area contributed by atoms with Gasteiger partial charge in [-0.2, -0.15) is 0 Å². The molecule has 0 radical (unpaired) electrons. The van der Waals surface area contributed by atoms with Crippen molar-refractivity contribution in [2.45, 2.75) is 77.9 Å². The van der Waals surface area contributed by atoms with Gasteiger partial charge < -0.3 is 4.74 Å². The van der Waals surface area contributed by atoms with Crippen LogP contribution in [0.4, 0.5) is 0 Å². The van der Waals surface area contributed by atoms with Crippen LogP contribution in [0, 0.1) is 0 Å². The number of likely N-dealkylation sites (tertiary alicyclic amines) is 1. The molecule has 0 aromatic carbocycles. The van der Waals surface area contributed by atoms with Gasteiger partial charge in [-0.1, -0.05) is 27.2 Å². The van der Waals surface area contributed by atoms with E-state index < -0.39 is 0 Å². The summed E-state index contributed by atoms with van der Waals surface area (Å²) in [5, 5.41) is 0. The molecule has 0 aromatic rings. The van der Waals surface area contributed by atoms with Gasteiger partial charge in [-0.05, 0) is 45.1 Å². The topological polar surface area (TPSA) is 12.5 Å². The highest BCUT2D eigenvalue weighted by molar-refractivity contribution is 4.80. The minimum absolute atomic E-state index is 0.538. The lowest BCUT2D eigenvalue weighted by Gasteiger charge is -2.30. The first-order valence-electron chi connectivity index (χ1n) is 7.67. The maximum Gasteiger partial charge on any atom is 0.0702 e. The van der Waals surface area contributed by atoms with Gasteiger partial charge in [0.25, 0.3) is 0 Å². The molecule has 2 nitrogen and oxygen atoms in total. The van der Waals surface area contributed by atoms with E-state index in [9.17, 15) is 0 Å². The predicted octanol–water partition coefficient (Wildman–Crippen LogP) is 3.85. The van der Waals surface area contributed by atoms with Gasteiger partial charge in [0, 0.05) is 19.2 Å². The Balaban J connectivity index is 0.000000437. The van der Waals surface area contributed by atoms with E-state index in [0.29, 0.717) is 6.10 Å². The molecule has 2 aliphatic rings. The van der Waals surface area contributed by atoms with Crippen molar-refractivity contribution in [1.29, 1.82) is 0 Å². The van der Waals surface area contributed by atoms with Crippen molar-refractivity contribution < 1.29 is 4.74 Å². The zero-order valence-electron chi connectivity index (χ0n) is 12.1. The fraction of sp³-hybridized carbons (Fsp3) is 1.00. The Kier molecular flexibility index (Phi) is 7.87. The molecule has 0 spiro atoms. The minimum atomic E-state index is 0.538. The Morgan fingerprint density at radius 2 is 1.82 bits per heavy atom. The third-order valence-electron chi connectivity index (χ3n) is 3.68. The molecule has 2 rings (SSSR count). The van der Waals surface area contributed by atoms with Crippen LogP contribution >= 0.6 is 0 Å². The molecule has 2 atom stereocenters. The van der Waals surface area contributed by atoms with E-state index in [-0.39, 0.29) is 0 Å². The second-order valence-electron chi connectivity index (χ2n) is 5.39. The van der Waals surface area contributed by atoms with Crippen LogP contribution in [0.5, 0.6) is 0 Å². The number of rotatable bonds is 3. The molecular weight excluding hydrogens is 210 g/mol. The standard InChI is InChI=1S/C12H23NO.C3H8/c1-2-11-6-5-8-13(11)10-12-7-3-4-9-14-12;1-3-2/h11-12H,2-10H2,1H3;3H2,1-2H3. The van der Waals surface area contributed by atoms with Crippen LogP contribution in [0.1, 0.15) is 65.7 Å². The third kappa shape index (κ3) is 5.39. The molecule has 2 fully saturated rings. The van der Waals surface area contributed by atoms with Crippen molar-refractivity contribution in [2.75, 3.05) is 19.7 Å². The highest BCUT2D eigenvalue weighted by atomic mass is 16.5. The molecule has 2 saturated heterocycles. The van der Waals surface area contributed by atoms with E-state index in [1.54, 1.807) is 0 Å². The fourth-order valence-electron chi connectivity index (χ4n) is 2.81. The summed E-state index contributed by atoms with van der Waals surface area (Å²) in [6.07, 6.45) is 9.83. The number of nitrogens with zero attached hydrogens (tertiary/aromatic N) is 1. The maximum absolute atomic E-state index is 5.79. The normalized spacial score (nSPS) is 29.8. The van der Waals surface area contributed by atoms with Crippen LogP contribution in [-0.4, -0.2) is 36.7 Å². The van der Waals surface area contributed by atoms with Gasteiger partial charge in [0.2, 0.25) is 0 Å². The van der Waals surface area contributed by atoms with Gasteiger partial charge in [0.05, 0.1) is 6.10 Å².